The summed E-state index contributed by atoms with van der Waals surface area (Å²) in [7, 11) is 0. The third kappa shape index (κ3) is 2.32. The number of alkyl halides is 3. The quantitative estimate of drug-likeness (QED) is 0.701. The third-order valence-electron chi connectivity index (χ3n) is 1.38. The zero-order chi connectivity index (χ0) is 10.1. The Hall–Kier alpha value is -0.810. The van der Waals surface area contributed by atoms with Crippen LogP contribution >= 0.6 is 11.6 Å². The van der Waals surface area contributed by atoms with Crippen molar-refractivity contribution < 1.29 is 18.3 Å². The van der Waals surface area contributed by atoms with E-state index in [1.807, 2.05) is 0 Å². The zero-order valence-electron chi connectivity index (χ0n) is 6.23. The van der Waals surface area contributed by atoms with Gasteiger partial charge in [0.1, 0.15) is 6.61 Å². The van der Waals surface area contributed by atoms with Gasteiger partial charge in [0.25, 0.3) is 0 Å². The number of pyridine rings is 1. The molecule has 1 aromatic rings. The van der Waals surface area contributed by atoms with Crippen LogP contribution < -0.4 is 0 Å². The number of aromatic nitrogens is 1. The Kier molecular flexibility index (Phi) is 2.77. The van der Waals surface area contributed by atoms with E-state index < -0.39 is 18.3 Å². The normalized spacial score (nSPS) is 11.8. The summed E-state index contributed by atoms with van der Waals surface area (Å²) in [6.07, 6.45) is -3.88. The van der Waals surface area contributed by atoms with Crippen molar-refractivity contribution in [1.82, 2.24) is 4.98 Å². The first-order chi connectivity index (χ1) is 5.95. The predicted octanol–water partition coefficient (Wildman–Crippen LogP) is 2.68. The molecular formula is C7H4ClF3NO. The second-order valence-corrected chi connectivity index (χ2v) is 2.70. The van der Waals surface area contributed by atoms with Crippen LogP contribution in [0.25, 0.3) is 0 Å². The molecule has 0 aliphatic carbocycles. The average molecular weight is 211 g/mol. The van der Waals surface area contributed by atoms with Crippen molar-refractivity contribution in [2.45, 2.75) is 12.8 Å². The average Bonchev–Trinajstić information content (AvgIpc) is 2.02. The lowest BCUT2D eigenvalue weighted by Crippen LogP contribution is -2.06. The van der Waals surface area contributed by atoms with Crippen molar-refractivity contribution in [3.63, 3.8) is 0 Å². The van der Waals surface area contributed by atoms with Gasteiger partial charge in [-0.15, -0.1) is 0 Å². The van der Waals surface area contributed by atoms with Crippen LogP contribution in [0.15, 0.2) is 12.3 Å². The summed E-state index contributed by atoms with van der Waals surface area (Å²) >= 11 is 5.37. The monoisotopic (exact) mass is 210 g/mol. The predicted molar refractivity (Wildman–Crippen MR) is 38.6 cm³/mol. The molecular weight excluding hydrogens is 207 g/mol. The fourth-order valence-electron chi connectivity index (χ4n) is 0.727. The molecule has 0 saturated heterocycles. The van der Waals surface area contributed by atoms with Crippen molar-refractivity contribution in [1.29, 1.82) is 0 Å². The van der Waals surface area contributed by atoms with Crippen LogP contribution in [0.1, 0.15) is 11.3 Å². The highest BCUT2D eigenvalue weighted by Gasteiger charge is 2.31. The van der Waals surface area contributed by atoms with Crippen LogP contribution in [0.4, 0.5) is 13.2 Å². The van der Waals surface area contributed by atoms with Crippen LogP contribution in [0.5, 0.6) is 0 Å². The van der Waals surface area contributed by atoms with Gasteiger partial charge in [0.05, 0.1) is 16.3 Å². The van der Waals surface area contributed by atoms with E-state index in [1.165, 1.54) is 0 Å². The van der Waals surface area contributed by atoms with Gasteiger partial charge in [0.2, 0.25) is 0 Å². The summed E-state index contributed by atoms with van der Waals surface area (Å²) < 4.78 is 36.1. The van der Waals surface area contributed by atoms with Gasteiger partial charge in [-0.05, 0) is 6.07 Å². The number of nitrogens with zero attached hydrogens (tertiary/aromatic N) is 1. The summed E-state index contributed by atoms with van der Waals surface area (Å²) in [5, 5.41) is 10.0. The van der Waals surface area contributed by atoms with Crippen LogP contribution in [0, 0.1) is 0 Å². The Morgan fingerprint density at radius 2 is 2.08 bits per heavy atom. The molecule has 0 aliphatic heterocycles. The second kappa shape index (κ2) is 3.51. The summed E-state index contributed by atoms with van der Waals surface area (Å²) in [4.78, 5) is 3.30. The minimum Gasteiger partial charge on any atom is -0.257 e. The Labute approximate surface area is 77.0 Å². The molecule has 0 atom stereocenters. The van der Waals surface area contributed by atoms with Crippen LogP contribution in [0.2, 0.25) is 5.02 Å². The molecule has 0 amide bonds. The Bertz CT molecular complexity index is 313. The molecule has 1 aromatic heterocycles. The minimum absolute atomic E-state index is 0.0744. The lowest BCUT2D eigenvalue weighted by Gasteiger charge is -2.06. The van der Waals surface area contributed by atoms with Crippen molar-refractivity contribution in [2.24, 2.45) is 0 Å². The molecule has 0 aliphatic rings. The first-order valence-corrected chi connectivity index (χ1v) is 3.62. The number of hydrogen-bond donors (Lipinski definition) is 0. The van der Waals surface area contributed by atoms with E-state index in [-0.39, 0.29) is 10.7 Å². The smallest absolute Gasteiger partial charge is 0.257 e. The summed E-state index contributed by atoms with van der Waals surface area (Å²) in [5.41, 5.74) is -1.02. The zero-order valence-corrected chi connectivity index (χ0v) is 6.99. The van der Waals surface area contributed by atoms with E-state index in [0.29, 0.717) is 12.3 Å². The maximum Gasteiger partial charge on any atom is 0.417 e. The minimum atomic E-state index is -4.47. The molecule has 1 heterocycles. The first kappa shape index (κ1) is 10.3. The SMILES string of the molecule is [O]Cc1ncc(C(F)(F)F)cc1Cl. The maximum atomic E-state index is 12.0. The van der Waals surface area contributed by atoms with Gasteiger partial charge in [0, 0.05) is 6.20 Å². The molecule has 0 N–H and O–H groups in total. The Morgan fingerprint density at radius 1 is 1.46 bits per heavy atom. The van der Waals surface area contributed by atoms with Crippen molar-refractivity contribution in [3.8, 4) is 0 Å². The summed E-state index contributed by atoms with van der Waals surface area (Å²) in [6, 6.07) is 0.696. The van der Waals surface area contributed by atoms with E-state index in [1.54, 1.807) is 0 Å². The number of halogens is 4. The summed E-state index contributed by atoms with van der Waals surface area (Å²) in [6.45, 7) is -0.725. The molecule has 0 saturated carbocycles. The van der Waals surface area contributed by atoms with Gasteiger partial charge in [0.15, 0.2) is 0 Å². The highest BCUT2D eigenvalue weighted by Crippen LogP contribution is 2.30. The molecule has 6 heteroatoms. The van der Waals surface area contributed by atoms with E-state index in [0.717, 1.165) is 0 Å². The fraction of sp³-hybridized carbons (Fsp3) is 0.286. The van der Waals surface area contributed by atoms with Gasteiger partial charge in [-0.2, -0.15) is 13.2 Å². The highest BCUT2D eigenvalue weighted by molar-refractivity contribution is 6.31. The molecule has 0 aromatic carbocycles. The standard InChI is InChI=1S/C7H4ClF3NO/c8-5-1-4(7(9,10)11)2-12-6(5)3-13/h1-2H,3H2. The Morgan fingerprint density at radius 3 is 2.46 bits per heavy atom. The van der Waals surface area contributed by atoms with Crippen molar-refractivity contribution in [2.75, 3.05) is 0 Å². The van der Waals surface area contributed by atoms with Crippen molar-refractivity contribution >= 4 is 11.6 Å². The van der Waals surface area contributed by atoms with Gasteiger partial charge < -0.3 is 0 Å². The topological polar surface area (TPSA) is 32.8 Å². The van der Waals surface area contributed by atoms with Crippen LogP contribution in [-0.4, -0.2) is 4.98 Å². The van der Waals surface area contributed by atoms with Crippen molar-refractivity contribution in [3.05, 3.63) is 28.5 Å². The van der Waals surface area contributed by atoms with E-state index >= 15 is 0 Å². The fourth-order valence-corrected chi connectivity index (χ4v) is 0.948. The molecule has 1 rings (SSSR count). The number of hydrogen-bond acceptors (Lipinski definition) is 1. The van der Waals surface area contributed by atoms with Gasteiger partial charge in [-0.25, -0.2) is 5.11 Å². The Balaban J connectivity index is 3.10. The maximum absolute atomic E-state index is 12.0. The molecule has 0 spiro atoms. The molecule has 0 unspecified atom stereocenters. The van der Waals surface area contributed by atoms with Gasteiger partial charge >= 0.3 is 6.18 Å². The van der Waals surface area contributed by atoms with Gasteiger partial charge in [-0.1, -0.05) is 11.6 Å². The van der Waals surface area contributed by atoms with Crippen LogP contribution in [-0.2, 0) is 17.9 Å². The molecule has 1 radical (unpaired) electrons. The molecule has 0 bridgehead atoms. The molecule has 71 valence electrons. The second-order valence-electron chi connectivity index (χ2n) is 2.29. The van der Waals surface area contributed by atoms with E-state index in [4.69, 9.17) is 11.6 Å². The number of rotatable bonds is 1. The van der Waals surface area contributed by atoms with Gasteiger partial charge in [-0.3, -0.25) is 4.98 Å². The van der Waals surface area contributed by atoms with E-state index in [9.17, 15) is 18.3 Å². The van der Waals surface area contributed by atoms with E-state index in [2.05, 4.69) is 4.98 Å². The van der Waals surface area contributed by atoms with Crippen LogP contribution in [0.3, 0.4) is 0 Å². The lowest BCUT2D eigenvalue weighted by molar-refractivity contribution is -0.137. The molecule has 0 fully saturated rings. The molecule has 2 nitrogen and oxygen atoms in total. The third-order valence-corrected chi connectivity index (χ3v) is 1.71. The lowest BCUT2D eigenvalue weighted by atomic mass is 10.2. The first-order valence-electron chi connectivity index (χ1n) is 3.25. The molecule has 13 heavy (non-hydrogen) atoms. The summed E-state index contributed by atoms with van der Waals surface area (Å²) in [5.74, 6) is 0. The largest absolute Gasteiger partial charge is 0.417 e. The highest BCUT2D eigenvalue weighted by atomic mass is 35.5.